The molecular formula is C89H160N4O29S2Y. The average molecular weight is 1900 g/mol. The second kappa shape index (κ2) is 68.7. The van der Waals surface area contributed by atoms with Gasteiger partial charge in [0.2, 0.25) is 17.7 Å². The van der Waals surface area contributed by atoms with Crippen LogP contribution in [0.3, 0.4) is 0 Å². The van der Waals surface area contributed by atoms with Gasteiger partial charge in [-0.2, -0.15) is 0 Å². The maximum atomic E-state index is 14.4. The SMILES string of the molecule is C.CO[C@H]1C[C@H](CO)N(C(=O)CCCCC(=O)CCC(C)(C)SSCCC(=O)CC(CCCOC(=O)CCCCCCCNC(=O)CCCOC2OC(CO)C(O)C(O)C2C)(CCCOC(=O)CCCCCCCNC(=O)CCCOC2OC(CO)C(O)C(O)C2C)CCCOC(=O)NCCCCCCCC(=O)CCCOC2OC(CO)C(O)C(O)C2C)C1.[Y]. The Kier molecular flexibility index (Phi) is 64.8. The summed E-state index contributed by atoms with van der Waals surface area (Å²) in [5, 5.41) is 108. The van der Waals surface area contributed by atoms with Crippen molar-refractivity contribution in [3.05, 3.63) is 0 Å². The van der Waals surface area contributed by atoms with E-state index in [1.54, 1.807) is 54.4 Å². The maximum Gasteiger partial charge on any atom is 0.407 e. The number of likely N-dealkylation sites (tertiary alicyclic amines) is 1. The van der Waals surface area contributed by atoms with E-state index >= 15 is 0 Å². The number of amides is 4. The Bertz CT molecular complexity index is 2730. The van der Waals surface area contributed by atoms with E-state index in [1.807, 2.05) is 0 Å². The molecule has 4 aliphatic rings. The van der Waals surface area contributed by atoms with Crippen LogP contribution in [0.2, 0.25) is 0 Å². The fraction of sp³-hybridized carbons (Fsp3) is 0.899. The first-order valence-electron chi connectivity index (χ1n) is 45.8. The monoisotopic (exact) mass is 1900 g/mol. The molecule has 13 N–H and O–H groups in total. The molecule has 0 bridgehead atoms. The standard InChI is InChI=1S/C88H156N4O29S2.CH4.Y/c1-61-77(105)80(108)69(58-94)119-83(61)115-47-24-32-65(97)30-16-10-7-15-23-46-91-86(111)118-52-29-42-88(55-67(99)39-53-122-123-87(4,5)43-38-66(98)31-19-20-35-74(102)92-56-68(112-6)54-64(92)57-93,40-27-50-113-75(103)36-17-11-8-13-21-44-89-72(100)33-25-48-116-84-62(2)78(106)81(109)70(59-95)120-84)41-28-51-114-76(104)37-18-12-9-14-22-45-90-73(101)34-26-49-117-85-63(3)79(107)82(110)71(60-96)121-85;;/h61-64,68-71,77-85,93-96,105-110H,7-60H2,1-6H3,(H,89,100)(H,90,101)(H,91,111);1H4;/t61?,62?,63?,64-,68+,69?,70?,71?,77?,78?,79?,80?,81?,82?,83?,84?,85?,88?;;/m1../s1. The molecule has 4 heterocycles. The largest absolute Gasteiger partial charge is 0.466 e. The van der Waals surface area contributed by atoms with Crippen LogP contribution in [-0.2, 0) is 118 Å². The molecule has 4 aliphatic heterocycles. The number of methoxy groups -OCH3 is 1. The molecule has 33 nitrogen and oxygen atoms in total. The van der Waals surface area contributed by atoms with Crippen LogP contribution in [-0.4, -0.2) is 305 Å². The number of carbonyl (C=O) groups excluding carboxylic acids is 9. The first-order chi connectivity index (χ1) is 59.0. The van der Waals surface area contributed by atoms with E-state index in [9.17, 15) is 94.2 Å². The number of aliphatic hydroxyl groups excluding tert-OH is 10. The van der Waals surface area contributed by atoms with Crippen LogP contribution >= 0.6 is 21.6 Å². The van der Waals surface area contributed by atoms with E-state index in [4.69, 9.17) is 47.4 Å². The first kappa shape index (κ1) is 118. The van der Waals surface area contributed by atoms with Gasteiger partial charge in [-0.25, -0.2) is 4.79 Å². The minimum Gasteiger partial charge on any atom is -0.466 e. The van der Waals surface area contributed by atoms with Crippen LogP contribution in [0.15, 0.2) is 0 Å². The van der Waals surface area contributed by atoms with Gasteiger partial charge >= 0.3 is 18.0 Å². The van der Waals surface area contributed by atoms with Crippen molar-refractivity contribution in [2.24, 2.45) is 23.2 Å². The van der Waals surface area contributed by atoms with E-state index < -0.39 is 123 Å². The maximum absolute atomic E-state index is 14.4. The molecule has 0 aliphatic carbocycles. The van der Waals surface area contributed by atoms with Crippen molar-refractivity contribution in [3.63, 3.8) is 0 Å². The van der Waals surface area contributed by atoms with Crippen LogP contribution in [0.25, 0.3) is 0 Å². The molecule has 36 heteroatoms. The Hall–Kier alpha value is -3.25. The summed E-state index contributed by atoms with van der Waals surface area (Å²) in [5.74, 6) is -1.80. The smallest absolute Gasteiger partial charge is 0.407 e. The van der Waals surface area contributed by atoms with E-state index in [0.29, 0.717) is 167 Å². The minimum atomic E-state index is -1.23. The fourth-order valence-corrected chi connectivity index (χ4v) is 18.4. The van der Waals surface area contributed by atoms with Crippen LogP contribution in [0.4, 0.5) is 4.79 Å². The normalized spacial score (nSPS) is 24.9. The number of hydrogen-bond acceptors (Lipinski definition) is 31. The van der Waals surface area contributed by atoms with Crippen molar-refractivity contribution >= 4 is 74.7 Å². The van der Waals surface area contributed by atoms with Gasteiger partial charge in [0.15, 0.2) is 18.9 Å². The van der Waals surface area contributed by atoms with Crippen molar-refractivity contribution in [1.82, 2.24) is 20.9 Å². The third-order valence-electron chi connectivity index (χ3n) is 23.7. The number of aliphatic hydroxyl groups is 10. The van der Waals surface area contributed by atoms with Gasteiger partial charge < -0.3 is 119 Å². The Morgan fingerprint density at radius 1 is 0.416 bits per heavy atom. The molecule has 0 spiro atoms. The molecule has 0 aromatic rings. The van der Waals surface area contributed by atoms with E-state index in [1.165, 1.54) is 0 Å². The molecule has 0 aromatic heterocycles. The van der Waals surface area contributed by atoms with Crippen molar-refractivity contribution in [3.8, 4) is 0 Å². The first-order valence-corrected chi connectivity index (χ1v) is 48.1. The number of Topliss-reactive ketones (excluding diaryl/α,β-unsaturated/α-hetero) is 3. The number of unbranched alkanes of at least 4 members (excludes halogenated alkanes) is 13. The van der Waals surface area contributed by atoms with Gasteiger partial charge in [0.1, 0.15) is 54.0 Å². The molecule has 725 valence electrons. The molecule has 4 rings (SSSR count). The molecule has 4 fully saturated rings. The third-order valence-corrected chi connectivity index (χ3v) is 27.1. The second-order valence-corrected chi connectivity index (χ2v) is 37.7. The van der Waals surface area contributed by atoms with Gasteiger partial charge in [-0.05, 0) is 141 Å². The van der Waals surface area contributed by atoms with Crippen LogP contribution in [0.5, 0.6) is 0 Å². The number of hydrogen-bond donors (Lipinski definition) is 13. The molecule has 15 unspecified atom stereocenters. The van der Waals surface area contributed by atoms with Gasteiger partial charge in [0.05, 0.1) is 96.5 Å². The molecule has 4 amide bonds. The summed E-state index contributed by atoms with van der Waals surface area (Å²) in [6.07, 6.45) is 8.01. The topological polar surface area (TPSA) is 488 Å². The molecule has 1 radical (unpaired) electrons. The summed E-state index contributed by atoms with van der Waals surface area (Å²) in [4.78, 5) is 119. The van der Waals surface area contributed by atoms with Crippen molar-refractivity contribution < 1.29 is 174 Å². The average Bonchev–Trinajstić information content (AvgIpc) is 1.57. The number of nitrogens with one attached hydrogen (secondary N) is 3. The number of alkyl carbamates (subject to hydrolysis) is 1. The van der Waals surface area contributed by atoms with Crippen LogP contribution in [0.1, 0.15) is 292 Å². The third kappa shape index (κ3) is 48.8. The number of rotatable bonds is 71. The summed E-state index contributed by atoms with van der Waals surface area (Å²) >= 11 is 0. The number of nitrogens with zero attached hydrogens (tertiary/aromatic N) is 1. The van der Waals surface area contributed by atoms with E-state index in [2.05, 4.69) is 29.8 Å². The second-order valence-electron chi connectivity index (χ2n) is 34.6. The number of esters is 2. The Balaban J connectivity index is 0.0000265. The van der Waals surface area contributed by atoms with Crippen LogP contribution < -0.4 is 16.0 Å². The zero-order valence-corrected chi connectivity index (χ0v) is 79.5. The molecule has 0 saturated carbocycles. The molecule has 4 saturated heterocycles. The molecule has 125 heavy (non-hydrogen) atoms. The number of ether oxygens (including phenoxy) is 10. The van der Waals surface area contributed by atoms with Gasteiger partial charge in [0, 0.05) is 165 Å². The quantitative estimate of drug-likeness (QED) is 0.0118. The van der Waals surface area contributed by atoms with Crippen LogP contribution in [0, 0.1) is 23.2 Å². The van der Waals surface area contributed by atoms with Crippen molar-refractivity contribution in [2.45, 2.75) is 383 Å². The summed E-state index contributed by atoms with van der Waals surface area (Å²) in [6, 6.07) is -0.261. The van der Waals surface area contributed by atoms with Crippen molar-refractivity contribution in [2.75, 3.05) is 105 Å². The summed E-state index contributed by atoms with van der Waals surface area (Å²) < 4.78 is 56.4. The van der Waals surface area contributed by atoms with E-state index in [0.717, 1.165) is 77.0 Å². The Labute approximate surface area is 776 Å². The summed E-state index contributed by atoms with van der Waals surface area (Å²) in [6.45, 7) is 10.4. The zero-order valence-electron chi connectivity index (χ0n) is 75.1. The molecular weight excluding hydrogens is 1740 g/mol. The number of carbonyl (C=O) groups is 9. The summed E-state index contributed by atoms with van der Waals surface area (Å²) in [7, 11) is 4.80. The zero-order chi connectivity index (χ0) is 90.4. The van der Waals surface area contributed by atoms with Crippen molar-refractivity contribution in [1.29, 1.82) is 0 Å². The Morgan fingerprint density at radius 3 is 1.22 bits per heavy atom. The van der Waals surface area contributed by atoms with Gasteiger partial charge in [-0.3, -0.25) is 38.4 Å². The van der Waals surface area contributed by atoms with E-state index in [-0.39, 0.29) is 189 Å². The van der Waals surface area contributed by atoms with Gasteiger partial charge in [0.25, 0.3) is 0 Å². The predicted molar refractivity (Wildman–Crippen MR) is 468 cm³/mol. The fourth-order valence-electron chi connectivity index (χ4n) is 15.8. The number of ketones is 3. The van der Waals surface area contributed by atoms with Gasteiger partial charge in [-0.1, -0.05) is 108 Å². The Morgan fingerprint density at radius 2 is 0.792 bits per heavy atom. The molecule has 0 aromatic carbocycles. The molecule has 17 atom stereocenters. The minimum absolute atomic E-state index is 0. The summed E-state index contributed by atoms with van der Waals surface area (Å²) in [5.41, 5.74) is -0.659. The van der Waals surface area contributed by atoms with Gasteiger partial charge in [-0.15, -0.1) is 0 Å². The predicted octanol–water partition coefficient (Wildman–Crippen LogP) is 8.23.